The number of carbonyl (C=O) groups excluding carboxylic acids is 1. The third-order valence-electron chi connectivity index (χ3n) is 4.93. The largest absolute Gasteiger partial charge is 0.481 e. The predicted molar refractivity (Wildman–Crippen MR) is 91.5 cm³/mol. The summed E-state index contributed by atoms with van der Waals surface area (Å²) in [5, 5.41) is 17.6. The molecule has 1 fully saturated rings. The molecule has 0 saturated carbocycles. The average Bonchev–Trinajstić information content (AvgIpc) is 3.14. The molecule has 1 atom stereocenters. The molecule has 2 heterocycles. The molecule has 1 aromatic carbocycles. The fourth-order valence-corrected chi connectivity index (χ4v) is 3.06. The van der Waals surface area contributed by atoms with Crippen LogP contribution >= 0.6 is 0 Å². The first-order chi connectivity index (χ1) is 11.8. The van der Waals surface area contributed by atoms with Gasteiger partial charge in [0.25, 0.3) is 0 Å². The van der Waals surface area contributed by atoms with Gasteiger partial charge >= 0.3 is 5.97 Å². The van der Waals surface area contributed by atoms with Crippen molar-refractivity contribution in [2.24, 2.45) is 5.41 Å². The molecule has 1 saturated heterocycles. The molecule has 1 amide bonds. The normalized spacial score (nSPS) is 20.0. The lowest BCUT2D eigenvalue weighted by molar-refractivity contribution is -0.147. The monoisotopic (exact) mass is 342 g/mol. The molecule has 0 bridgehead atoms. The van der Waals surface area contributed by atoms with Gasteiger partial charge in [0.15, 0.2) is 0 Å². The van der Waals surface area contributed by atoms with E-state index < -0.39 is 11.4 Å². The number of likely N-dealkylation sites (tertiary alicyclic amines) is 1. The van der Waals surface area contributed by atoms with Crippen molar-refractivity contribution in [3.05, 3.63) is 41.2 Å². The highest BCUT2D eigenvalue weighted by molar-refractivity contribution is 5.81. The molecule has 1 aliphatic rings. The molecular weight excluding hydrogens is 320 g/mol. The van der Waals surface area contributed by atoms with Crippen LogP contribution in [0.1, 0.15) is 30.3 Å². The van der Waals surface area contributed by atoms with Crippen molar-refractivity contribution < 1.29 is 14.7 Å². The van der Waals surface area contributed by atoms with E-state index in [1.165, 1.54) is 0 Å². The maximum atomic E-state index is 12.5. The van der Waals surface area contributed by atoms with Gasteiger partial charge in [-0.05, 0) is 39.3 Å². The van der Waals surface area contributed by atoms with Gasteiger partial charge in [0.05, 0.1) is 28.9 Å². The van der Waals surface area contributed by atoms with Crippen LogP contribution in [0.5, 0.6) is 0 Å². The van der Waals surface area contributed by atoms with Gasteiger partial charge in [0, 0.05) is 13.1 Å². The maximum Gasteiger partial charge on any atom is 0.311 e. The fourth-order valence-electron chi connectivity index (χ4n) is 3.06. The first kappa shape index (κ1) is 17.1. The van der Waals surface area contributed by atoms with Gasteiger partial charge in [-0.1, -0.05) is 22.9 Å². The van der Waals surface area contributed by atoms with Gasteiger partial charge < -0.3 is 10.0 Å². The van der Waals surface area contributed by atoms with E-state index in [4.69, 9.17) is 0 Å². The second-order valence-electron chi connectivity index (χ2n) is 6.98. The predicted octanol–water partition coefficient (Wildman–Crippen LogP) is 1.75. The lowest BCUT2D eigenvalue weighted by Crippen LogP contribution is -2.35. The van der Waals surface area contributed by atoms with Gasteiger partial charge in [0.2, 0.25) is 5.91 Å². The Labute approximate surface area is 146 Å². The number of aliphatic carboxylic acids is 1. The Hall–Kier alpha value is -2.70. The van der Waals surface area contributed by atoms with Crippen molar-refractivity contribution in [1.29, 1.82) is 0 Å². The lowest BCUT2D eigenvalue weighted by atomic mass is 9.90. The Morgan fingerprint density at radius 3 is 2.52 bits per heavy atom. The number of carboxylic acids is 1. The maximum absolute atomic E-state index is 12.5. The number of benzene rings is 1. The van der Waals surface area contributed by atoms with E-state index in [0.29, 0.717) is 18.7 Å². The van der Waals surface area contributed by atoms with Crippen LogP contribution in [0.4, 0.5) is 0 Å². The summed E-state index contributed by atoms with van der Waals surface area (Å²) in [6.07, 6.45) is 0.608. The number of amides is 1. The lowest BCUT2D eigenvalue weighted by Gasteiger charge is -2.19. The van der Waals surface area contributed by atoms with Crippen LogP contribution in [0.15, 0.2) is 24.3 Å². The third-order valence-corrected chi connectivity index (χ3v) is 4.93. The van der Waals surface area contributed by atoms with Crippen LogP contribution in [-0.4, -0.2) is 50.0 Å². The summed E-state index contributed by atoms with van der Waals surface area (Å²) in [7, 11) is 0. The minimum atomic E-state index is -0.857. The minimum Gasteiger partial charge on any atom is -0.481 e. The third kappa shape index (κ3) is 3.26. The van der Waals surface area contributed by atoms with E-state index >= 15 is 0 Å². The smallest absolute Gasteiger partial charge is 0.311 e. The summed E-state index contributed by atoms with van der Waals surface area (Å²) in [4.78, 5) is 25.5. The van der Waals surface area contributed by atoms with Gasteiger partial charge in [-0.3, -0.25) is 9.59 Å². The van der Waals surface area contributed by atoms with Gasteiger partial charge in [-0.25, -0.2) is 4.68 Å². The number of nitrogens with zero attached hydrogens (tertiary/aromatic N) is 4. The number of carbonyl (C=O) groups is 2. The minimum absolute atomic E-state index is 0.107. The highest BCUT2D eigenvalue weighted by atomic mass is 16.4. The SMILES string of the molecule is Cc1ccc(-n2nnc(CC(=O)N3CC[C@](C)(C(=O)O)C3)c2C)cc1. The van der Waals surface area contributed by atoms with E-state index in [2.05, 4.69) is 10.3 Å². The second-order valence-corrected chi connectivity index (χ2v) is 6.98. The van der Waals surface area contributed by atoms with Crippen molar-refractivity contribution in [3.8, 4) is 5.69 Å². The van der Waals surface area contributed by atoms with Crippen LogP contribution in [-0.2, 0) is 16.0 Å². The molecule has 132 valence electrons. The molecule has 3 rings (SSSR count). The molecule has 0 radical (unpaired) electrons. The van der Waals surface area contributed by atoms with Gasteiger partial charge in [-0.15, -0.1) is 5.10 Å². The molecule has 0 spiro atoms. The van der Waals surface area contributed by atoms with Crippen LogP contribution < -0.4 is 0 Å². The average molecular weight is 342 g/mol. The Balaban J connectivity index is 1.73. The molecule has 1 aliphatic heterocycles. The fraction of sp³-hybridized carbons (Fsp3) is 0.444. The Kier molecular flexibility index (Phi) is 4.32. The summed E-state index contributed by atoms with van der Waals surface area (Å²) in [6, 6.07) is 7.92. The Morgan fingerprint density at radius 1 is 1.24 bits per heavy atom. The summed E-state index contributed by atoms with van der Waals surface area (Å²) in [5.41, 5.74) is 2.64. The highest BCUT2D eigenvalue weighted by Crippen LogP contribution is 2.30. The number of carboxylic acid groups (broad SMARTS) is 1. The molecule has 0 aliphatic carbocycles. The van der Waals surface area contributed by atoms with Gasteiger partial charge in [0.1, 0.15) is 0 Å². The first-order valence-corrected chi connectivity index (χ1v) is 8.29. The van der Waals surface area contributed by atoms with Crippen molar-refractivity contribution in [2.75, 3.05) is 13.1 Å². The number of hydrogen-bond acceptors (Lipinski definition) is 4. The van der Waals surface area contributed by atoms with E-state index in [1.807, 2.05) is 38.1 Å². The van der Waals surface area contributed by atoms with Crippen LogP contribution in [0.3, 0.4) is 0 Å². The molecule has 25 heavy (non-hydrogen) atoms. The number of hydrogen-bond donors (Lipinski definition) is 1. The van der Waals surface area contributed by atoms with Crippen molar-refractivity contribution in [2.45, 2.75) is 33.6 Å². The standard InChI is InChI=1S/C18H22N4O3/c1-12-4-6-14(7-5-12)22-13(2)15(19-20-22)10-16(23)21-9-8-18(3,11-21)17(24)25/h4-7H,8-11H2,1-3H3,(H,24,25)/t18-/m0/s1. The summed E-state index contributed by atoms with van der Waals surface area (Å²) >= 11 is 0. The Bertz CT molecular complexity index is 812. The summed E-state index contributed by atoms with van der Waals surface area (Å²) in [6.45, 7) is 6.29. The number of aromatic nitrogens is 3. The van der Waals surface area contributed by atoms with Crippen LogP contribution in [0.2, 0.25) is 0 Å². The molecule has 7 nitrogen and oxygen atoms in total. The molecule has 1 N–H and O–H groups in total. The van der Waals surface area contributed by atoms with Crippen molar-refractivity contribution in [1.82, 2.24) is 19.9 Å². The number of aryl methyl sites for hydroxylation is 1. The first-order valence-electron chi connectivity index (χ1n) is 8.29. The van der Waals surface area contributed by atoms with Crippen LogP contribution in [0, 0.1) is 19.3 Å². The van der Waals surface area contributed by atoms with Crippen molar-refractivity contribution >= 4 is 11.9 Å². The molecule has 0 unspecified atom stereocenters. The van der Waals surface area contributed by atoms with Gasteiger partial charge in [-0.2, -0.15) is 0 Å². The second kappa shape index (κ2) is 6.31. The van der Waals surface area contributed by atoms with E-state index in [0.717, 1.165) is 16.9 Å². The van der Waals surface area contributed by atoms with Crippen molar-refractivity contribution in [3.63, 3.8) is 0 Å². The quantitative estimate of drug-likeness (QED) is 0.914. The zero-order valence-electron chi connectivity index (χ0n) is 14.7. The summed E-state index contributed by atoms with van der Waals surface area (Å²) < 4.78 is 1.72. The zero-order chi connectivity index (χ0) is 18.2. The van der Waals surface area contributed by atoms with E-state index in [-0.39, 0.29) is 18.9 Å². The van der Waals surface area contributed by atoms with Crippen LogP contribution in [0.25, 0.3) is 5.69 Å². The number of rotatable bonds is 4. The molecule has 2 aromatic rings. The molecule has 1 aromatic heterocycles. The van der Waals surface area contributed by atoms with E-state index in [1.54, 1.807) is 16.5 Å². The molecule has 7 heteroatoms. The zero-order valence-corrected chi connectivity index (χ0v) is 14.7. The Morgan fingerprint density at radius 2 is 1.92 bits per heavy atom. The molecular formula is C18H22N4O3. The highest BCUT2D eigenvalue weighted by Gasteiger charge is 2.42. The topological polar surface area (TPSA) is 88.3 Å². The van der Waals surface area contributed by atoms with E-state index in [9.17, 15) is 14.7 Å². The summed E-state index contributed by atoms with van der Waals surface area (Å²) in [5.74, 6) is -0.965.